The molecule has 0 N–H and O–H groups in total. The average Bonchev–Trinajstić information content (AvgIpc) is 3.50. The molecule has 1 aromatic carbocycles. The third-order valence-electron chi connectivity index (χ3n) is 6.13. The van der Waals surface area contributed by atoms with Gasteiger partial charge in [-0.05, 0) is 37.5 Å². The number of imidazole rings is 1. The van der Waals surface area contributed by atoms with Crippen LogP contribution < -0.4 is 0 Å². The highest BCUT2D eigenvalue weighted by atomic mass is 16.2. The molecule has 7 nitrogen and oxygen atoms in total. The summed E-state index contributed by atoms with van der Waals surface area (Å²) in [5.41, 5.74) is 5.53. The van der Waals surface area contributed by atoms with E-state index in [4.69, 9.17) is 4.98 Å². The summed E-state index contributed by atoms with van der Waals surface area (Å²) in [5.74, 6) is 0.0541. The van der Waals surface area contributed by atoms with Gasteiger partial charge in [-0.25, -0.2) is 9.97 Å². The van der Waals surface area contributed by atoms with Gasteiger partial charge in [0.05, 0.1) is 35.3 Å². The first-order valence-electron chi connectivity index (χ1n) is 10.2. The Morgan fingerprint density at radius 2 is 2.10 bits per heavy atom. The third-order valence-corrected chi connectivity index (χ3v) is 6.13. The lowest BCUT2D eigenvalue weighted by molar-refractivity contribution is 0.0789. The quantitative estimate of drug-likeness (QED) is 0.528. The minimum absolute atomic E-state index is 0.0541. The molecule has 0 unspecified atom stereocenters. The van der Waals surface area contributed by atoms with Crippen LogP contribution in [-0.2, 0) is 7.05 Å². The highest BCUT2D eigenvalue weighted by Crippen LogP contribution is 2.30. The van der Waals surface area contributed by atoms with Crippen molar-refractivity contribution in [2.24, 2.45) is 7.05 Å². The number of fused-ring (bicyclic) bond motifs is 1. The van der Waals surface area contributed by atoms with Crippen molar-refractivity contribution >= 4 is 16.8 Å². The van der Waals surface area contributed by atoms with Gasteiger partial charge in [-0.2, -0.15) is 5.10 Å². The molecule has 30 heavy (non-hydrogen) atoms. The van der Waals surface area contributed by atoms with Gasteiger partial charge in [0.25, 0.3) is 5.91 Å². The van der Waals surface area contributed by atoms with Crippen molar-refractivity contribution in [1.82, 2.24) is 29.2 Å². The number of nitrogens with zero attached hydrogens (tertiary/aromatic N) is 6. The Labute approximate surface area is 175 Å². The fourth-order valence-corrected chi connectivity index (χ4v) is 4.23. The Bertz CT molecular complexity index is 1240. The monoisotopic (exact) mass is 400 g/mol. The van der Waals surface area contributed by atoms with Crippen molar-refractivity contribution in [1.29, 1.82) is 0 Å². The summed E-state index contributed by atoms with van der Waals surface area (Å²) in [6, 6.07) is 6.28. The Morgan fingerprint density at radius 1 is 1.23 bits per heavy atom. The summed E-state index contributed by atoms with van der Waals surface area (Å²) in [6.45, 7) is 5.56. The van der Waals surface area contributed by atoms with E-state index in [0.29, 0.717) is 12.1 Å². The Balaban J connectivity index is 1.59. The molecule has 0 saturated carbocycles. The van der Waals surface area contributed by atoms with Crippen LogP contribution in [0.25, 0.3) is 22.2 Å². The zero-order valence-electron chi connectivity index (χ0n) is 17.4. The molecule has 1 aliphatic heterocycles. The highest BCUT2D eigenvalue weighted by Gasteiger charge is 2.29. The van der Waals surface area contributed by atoms with Gasteiger partial charge in [0, 0.05) is 49.7 Å². The molecule has 1 amide bonds. The maximum atomic E-state index is 13.6. The van der Waals surface area contributed by atoms with Crippen molar-refractivity contribution in [3.05, 3.63) is 66.0 Å². The minimum atomic E-state index is 0.0541. The largest absolute Gasteiger partial charge is 0.336 e. The van der Waals surface area contributed by atoms with Gasteiger partial charge < -0.3 is 9.47 Å². The van der Waals surface area contributed by atoms with Gasteiger partial charge >= 0.3 is 0 Å². The van der Waals surface area contributed by atoms with Gasteiger partial charge in [-0.3, -0.25) is 9.48 Å². The molecule has 7 heteroatoms. The number of benzene rings is 1. The minimum Gasteiger partial charge on any atom is -0.336 e. The van der Waals surface area contributed by atoms with Crippen LogP contribution in [0.1, 0.15) is 33.9 Å². The second kappa shape index (κ2) is 7.09. The van der Waals surface area contributed by atoms with Crippen molar-refractivity contribution in [2.45, 2.75) is 26.3 Å². The van der Waals surface area contributed by atoms with Crippen molar-refractivity contribution in [3.8, 4) is 11.3 Å². The number of rotatable bonds is 3. The Morgan fingerprint density at radius 3 is 2.83 bits per heavy atom. The van der Waals surface area contributed by atoms with Crippen LogP contribution in [0.3, 0.4) is 0 Å². The van der Waals surface area contributed by atoms with Gasteiger partial charge in [0.1, 0.15) is 0 Å². The molecule has 4 aromatic rings. The predicted molar refractivity (Wildman–Crippen MR) is 115 cm³/mol. The number of aryl methyl sites for hydroxylation is 3. The summed E-state index contributed by atoms with van der Waals surface area (Å²) < 4.78 is 3.84. The lowest BCUT2D eigenvalue weighted by Crippen LogP contribution is -2.29. The fraction of sp³-hybridized carbons (Fsp3) is 0.304. The molecule has 1 atom stereocenters. The summed E-state index contributed by atoms with van der Waals surface area (Å²) in [4.78, 5) is 24.6. The van der Waals surface area contributed by atoms with E-state index in [0.717, 1.165) is 46.3 Å². The number of carbonyl (C=O) groups is 1. The predicted octanol–water partition coefficient (Wildman–Crippen LogP) is 3.54. The molecular weight excluding hydrogens is 376 g/mol. The van der Waals surface area contributed by atoms with Crippen LogP contribution in [0.5, 0.6) is 0 Å². The molecule has 5 rings (SSSR count). The summed E-state index contributed by atoms with van der Waals surface area (Å²) in [7, 11) is 1.88. The topological polar surface area (TPSA) is 68.8 Å². The summed E-state index contributed by atoms with van der Waals surface area (Å²) in [6.07, 6.45) is 10.2. The number of hydrogen-bond acceptors (Lipinski definition) is 4. The van der Waals surface area contributed by atoms with E-state index < -0.39 is 0 Å². The number of hydrogen-bond donors (Lipinski definition) is 0. The summed E-state index contributed by atoms with van der Waals surface area (Å²) >= 11 is 0. The van der Waals surface area contributed by atoms with Gasteiger partial charge in [-0.1, -0.05) is 12.1 Å². The lowest BCUT2D eigenvalue weighted by atomic mass is 9.99. The van der Waals surface area contributed by atoms with Crippen LogP contribution in [0.2, 0.25) is 0 Å². The normalized spacial score (nSPS) is 16.5. The molecule has 1 aliphatic rings. The molecule has 1 saturated heterocycles. The number of amides is 1. The fourth-order valence-electron chi connectivity index (χ4n) is 4.23. The number of likely N-dealkylation sites (tertiary alicyclic amines) is 1. The molecule has 0 radical (unpaired) electrons. The van der Waals surface area contributed by atoms with Crippen LogP contribution in [0, 0.1) is 13.8 Å². The van der Waals surface area contributed by atoms with Crippen LogP contribution in [0.4, 0.5) is 0 Å². The van der Waals surface area contributed by atoms with Crippen molar-refractivity contribution in [3.63, 3.8) is 0 Å². The summed E-state index contributed by atoms with van der Waals surface area (Å²) in [5, 5.41) is 5.18. The first-order chi connectivity index (χ1) is 14.5. The third kappa shape index (κ3) is 3.07. The van der Waals surface area contributed by atoms with E-state index in [-0.39, 0.29) is 11.9 Å². The molecule has 152 valence electrons. The maximum absolute atomic E-state index is 13.6. The van der Waals surface area contributed by atoms with Crippen LogP contribution in [0.15, 0.2) is 49.3 Å². The van der Waals surface area contributed by atoms with Crippen LogP contribution >= 0.6 is 0 Å². The van der Waals surface area contributed by atoms with E-state index in [9.17, 15) is 4.79 Å². The lowest BCUT2D eigenvalue weighted by Gasteiger charge is -2.19. The average molecular weight is 400 g/mol. The second-order valence-corrected chi connectivity index (χ2v) is 8.06. The van der Waals surface area contributed by atoms with Crippen molar-refractivity contribution < 1.29 is 4.79 Å². The molecule has 1 fully saturated rings. The van der Waals surface area contributed by atoms with E-state index in [1.54, 1.807) is 17.1 Å². The first kappa shape index (κ1) is 18.5. The molecular formula is C23H24N6O. The number of aromatic nitrogens is 5. The smallest absolute Gasteiger partial charge is 0.254 e. The zero-order chi connectivity index (χ0) is 20.8. The van der Waals surface area contributed by atoms with Crippen molar-refractivity contribution in [2.75, 3.05) is 13.1 Å². The van der Waals surface area contributed by atoms with E-state index >= 15 is 0 Å². The zero-order valence-corrected chi connectivity index (χ0v) is 17.4. The molecule has 0 spiro atoms. The molecule has 4 heterocycles. The number of carbonyl (C=O) groups excluding carboxylic acids is 1. The van der Waals surface area contributed by atoms with E-state index in [1.807, 2.05) is 42.8 Å². The van der Waals surface area contributed by atoms with E-state index in [1.165, 1.54) is 0 Å². The van der Waals surface area contributed by atoms with Gasteiger partial charge in [0.2, 0.25) is 0 Å². The Hall–Kier alpha value is -3.48. The maximum Gasteiger partial charge on any atom is 0.254 e. The SMILES string of the molecule is Cc1ccc2c(C(=O)N3CC[C@H](n4ccnc4)C3)cc(-c3cnn(C)c3)nc2c1C. The Kier molecular flexibility index (Phi) is 4.38. The van der Waals surface area contributed by atoms with Crippen LogP contribution in [-0.4, -0.2) is 48.2 Å². The molecule has 0 aliphatic carbocycles. The first-order valence-corrected chi connectivity index (χ1v) is 10.2. The molecule has 3 aromatic heterocycles. The van der Waals surface area contributed by atoms with Gasteiger partial charge in [0.15, 0.2) is 0 Å². The highest BCUT2D eigenvalue weighted by molar-refractivity contribution is 6.08. The second-order valence-electron chi connectivity index (χ2n) is 8.06. The van der Waals surface area contributed by atoms with E-state index in [2.05, 4.69) is 34.6 Å². The number of pyridine rings is 1. The van der Waals surface area contributed by atoms with Gasteiger partial charge in [-0.15, -0.1) is 0 Å². The molecule has 0 bridgehead atoms. The standard InChI is InChI=1S/C23H24N6O/c1-15-4-5-19-20(23(30)28-8-6-18(13-28)29-9-7-24-14-29)10-21(26-22(19)16(15)2)17-11-25-27(3)12-17/h4-5,7,9-12,14,18H,6,8,13H2,1-3H3/t18-/m0/s1.